The number of benzene rings is 1. The van der Waals surface area contributed by atoms with Crippen molar-refractivity contribution in [3.8, 4) is 17.1 Å². The molecule has 0 saturated carbocycles. The fourth-order valence-corrected chi connectivity index (χ4v) is 4.29. The third-order valence-electron chi connectivity index (χ3n) is 3.97. The van der Waals surface area contributed by atoms with E-state index in [1.807, 2.05) is 30.3 Å². The lowest BCUT2D eigenvalue weighted by Crippen LogP contribution is -2.16. The zero-order chi connectivity index (χ0) is 18.8. The highest BCUT2D eigenvalue weighted by atomic mass is 127. The third-order valence-corrected chi connectivity index (χ3v) is 5.97. The maximum atomic E-state index is 6.18. The molecule has 0 radical (unpaired) electrons. The Kier molecular flexibility index (Phi) is 5.88. The van der Waals surface area contributed by atoms with Crippen LogP contribution < -0.4 is 10.1 Å². The largest absolute Gasteiger partial charge is 0.449 e. The van der Waals surface area contributed by atoms with E-state index in [0.29, 0.717) is 22.5 Å². The molecule has 3 heterocycles. The van der Waals surface area contributed by atoms with Crippen LogP contribution in [-0.2, 0) is 0 Å². The van der Waals surface area contributed by atoms with Crippen LogP contribution in [0.1, 0.15) is 31.8 Å². The van der Waals surface area contributed by atoms with E-state index in [2.05, 4.69) is 65.9 Å². The predicted octanol–water partition coefficient (Wildman–Crippen LogP) is 5.89. The fourth-order valence-electron chi connectivity index (χ4n) is 2.64. The van der Waals surface area contributed by atoms with Gasteiger partial charge < -0.3 is 14.5 Å². The van der Waals surface area contributed by atoms with Gasteiger partial charge in [-0.3, -0.25) is 0 Å². The van der Waals surface area contributed by atoms with Crippen LogP contribution in [0, 0.1) is 3.77 Å². The Balaban J connectivity index is 1.76. The second kappa shape index (κ2) is 8.36. The molecule has 0 spiro atoms. The quantitative estimate of drug-likeness (QED) is 0.237. The molecule has 0 unspecified atom stereocenters. The number of furan rings is 1. The first-order valence-corrected chi connectivity index (χ1v) is 11.4. The molecule has 4 rings (SSSR count). The minimum absolute atomic E-state index is 0.449. The third kappa shape index (κ3) is 4.24. The molecule has 0 bridgehead atoms. The molecular formula is C18H16BrIN4O2S. The van der Waals surface area contributed by atoms with E-state index in [1.54, 1.807) is 11.8 Å². The summed E-state index contributed by atoms with van der Waals surface area (Å²) in [5, 5.41) is 12.7. The lowest BCUT2D eigenvalue weighted by atomic mass is 10.1. The Hall–Kier alpha value is -1.33. The topological polar surface area (TPSA) is 73.1 Å². The normalized spacial score (nSPS) is 15.3. The number of aromatic nitrogens is 3. The van der Waals surface area contributed by atoms with Gasteiger partial charge in [-0.15, -0.1) is 10.2 Å². The van der Waals surface area contributed by atoms with E-state index in [0.717, 1.165) is 38.1 Å². The van der Waals surface area contributed by atoms with Gasteiger partial charge in [0.1, 0.15) is 0 Å². The maximum Gasteiger partial charge on any atom is 0.247 e. The number of nitrogens with one attached hydrogen (secondary N) is 1. The number of thioether (sulfide) groups is 1. The second-order valence-corrected chi connectivity index (χ2v) is 8.97. The van der Waals surface area contributed by atoms with Gasteiger partial charge >= 0.3 is 0 Å². The maximum absolute atomic E-state index is 6.18. The van der Waals surface area contributed by atoms with E-state index in [9.17, 15) is 0 Å². The number of fused-ring (bicyclic) bond motifs is 3. The Labute approximate surface area is 183 Å². The summed E-state index contributed by atoms with van der Waals surface area (Å²) < 4.78 is 13.7. The van der Waals surface area contributed by atoms with Gasteiger partial charge in [0, 0.05) is 21.5 Å². The number of ether oxygens (including phenoxy) is 1. The summed E-state index contributed by atoms with van der Waals surface area (Å²) >= 11 is 7.26. The second-order valence-electron chi connectivity index (χ2n) is 5.92. The van der Waals surface area contributed by atoms with Crippen LogP contribution in [0.25, 0.3) is 11.3 Å². The van der Waals surface area contributed by atoms with Crippen LogP contribution in [0.3, 0.4) is 0 Å². The summed E-state index contributed by atoms with van der Waals surface area (Å²) in [7, 11) is 0. The lowest BCUT2D eigenvalue weighted by molar-refractivity contribution is 0.193. The van der Waals surface area contributed by atoms with Crippen molar-refractivity contribution in [3.63, 3.8) is 0 Å². The smallest absolute Gasteiger partial charge is 0.247 e. The van der Waals surface area contributed by atoms with Crippen molar-refractivity contribution in [2.45, 2.75) is 31.1 Å². The Bertz CT molecular complexity index is 968. The van der Waals surface area contributed by atoms with Gasteiger partial charge in [-0.05, 0) is 59.3 Å². The van der Waals surface area contributed by atoms with E-state index in [1.165, 1.54) is 0 Å². The highest BCUT2D eigenvalue weighted by Gasteiger charge is 2.28. The van der Waals surface area contributed by atoms with Crippen molar-refractivity contribution in [1.29, 1.82) is 0 Å². The Morgan fingerprint density at radius 1 is 1.26 bits per heavy atom. The van der Waals surface area contributed by atoms with Gasteiger partial charge in [-0.2, -0.15) is 4.98 Å². The minimum atomic E-state index is -0.500. The highest BCUT2D eigenvalue weighted by molar-refractivity contribution is 14.1. The molecular weight excluding hydrogens is 543 g/mol. The SMILES string of the molecule is CCCCSc1nnc2c(n1)O[C@H](c1ccc(I)o1)Nc1ccc(Br)cc1-2. The van der Waals surface area contributed by atoms with Gasteiger partial charge in [0.25, 0.3) is 0 Å². The molecule has 3 aromatic rings. The molecule has 140 valence electrons. The first-order chi connectivity index (χ1) is 13.1. The molecule has 2 aromatic heterocycles. The summed E-state index contributed by atoms with van der Waals surface area (Å²) in [5.41, 5.74) is 2.38. The molecule has 1 atom stereocenters. The van der Waals surface area contributed by atoms with E-state index >= 15 is 0 Å². The molecule has 1 N–H and O–H groups in total. The van der Waals surface area contributed by atoms with Crippen molar-refractivity contribution in [2.24, 2.45) is 0 Å². The zero-order valence-corrected chi connectivity index (χ0v) is 19.0. The standard InChI is InChI=1S/C18H16BrIN4O2S/c1-2-3-8-27-18-22-17-15(23-24-18)11-9-10(19)4-5-12(11)21-16(26-17)13-6-7-14(20)25-13/h4-7,9,16,21H,2-3,8H2,1H3/t16-/m1/s1. The van der Waals surface area contributed by atoms with Crippen LogP contribution in [0.4, 0.5) is 5.69 Å². The number of hydrogen-bond acceptors (Lipinski definition) is 7. The van der Waals surface area contributed by atoms with Gasteiger partial charge in [-0.25, -0.2) is 0 Å². The van der Waals surface area contributed by atoms with Gasteiger partial charge in [0.05, 0.1) is 0 Å². The fraction of sp³-hybridized carbons (Fsp3) is 0.278. The van der Waals surface area contributed by atoms with Crippen molar-refractivity contribution in [3.05, 3.63) is 44.3 Å². The van der Waals surface area contributed by atoms with Crippen LogP contribution in [0.2, 0.25) is 0 Å². The monoisotopic (exact) mass is 558 g/mol. The molecule has 9 heteroatoms. The van der Waals surface area contributed by atoms with Gasteiger partial charge in [0.2, 0.25) is 17.3 Å². The lowest BCUT2D eigenvalue weighted by Gasteiger charge is -2.16. The molecule has 1 aromatic carbocycles. The van der Waals surface area contributed by atoms with Crippen molar-refractivity contribution < 1.29 is 9.15 Å². The number of unbranched alkanes of at least 4 members (excludes halogenated alkanes) is 1. The molecule has 0 aliphatic carbocycles. The van der Waals surface area contributed by atoms with Crippen molar-refractivity contribution >= 4 is 56.0 Å². The molecule has 0 saturated heterocycles. The predicted molar refractivity (Wildman–Crippen MR) is 117 cm³/mol. The van der Waals surface area contributed by atoms with Crippen molar-refractivity contribution in [2.75, 3.05) is 11.1 Å². The summed E-state index contributed by atoms with van der Waals surface area (Å²) in [5.74, 6) is 2.08. The van der Waals surface area contributed by atoms with Crippen LogP contribution in [-0.4, -0.2) is 20.9 Å². The number of halogens is 2. The van der Waals surface area contributed by atoms with E-state index in [4.69, 9.17) is 9.15 Å². The number of hydrogen-bond donors (Lipinski definition) is 1. The molecule has 1 aliphatic rings. The molecule has 27 heavy (non-hydrogen) atoms. The van der Waals surface area contributed by atoms with Gasteiger partial charge in [0.15, 0.2) is 15.2 Å². The average molecular weight is 559 g/mol. The summed E-state index contributed by atoms with van der Waals surface area (Å²) in [6, 6.07) is 9.73. The highest BCUT2D eigenvalue weighted by Crippen LogP contribution is 2.41. The molecule has 1 aliphatic heterocycles. The molecule has 0 fully saturated rings. The minimum Gasteiger partial charge on any atom is -0.449 e. The number of rotatable bonds is 5. The van der Waals surface area contributed by atoms with Crippen molar-refractivity contribution in [1.82, 2.24) is 15.2 Å². The Morgan fingerprint density at radius 2 is 2.15 bits per heavy atom. The first-order valence-electron chi connectivity index (χ1n) is 8.50. The van der Waals surface area contributed by atoms with Crippen LogP contribution in [0.15, 0.2) is 44.4 Å². The first kappa shape index (κ1) is 19.0. The zero-order valence-electron chi connectivity index (χ0n) is 14.4. The van der Waals surface area contributed by atoms with E-state index in [-0.39, 0.29) is 0 Å². The van der Waals surface area contributed by atoms with Gasteiger partial charge in [-0.1, -0.05) is 41.0 Å². The Morgan fingerprint density at radius 3 is 2.93 bits per heavy atom. The molecule has 0 amide bonds. The van der Waals surface area contributed by atoms with E-state index < -0.39 is 6.23 Å². The molecule has 6 nitrogen and oxygen atoms in total. The number of nitrogens with zero attached hydrogens (tertiary/aromatic N) is 3. The summed E-state index contributed by atoms with van der Waals surface area (Å²) in [6.45, 7) is 2.16. The average Bonchev–Trinajstić information content (AvgIpc) is 3.02. The number of anilines is 1. The van der Waals surface area contributed by atoms with Crippen LogP contribution >= 0.6 is 50.3 Å². The summed E-state index contributed by atoms with van der Waals surface area (Å²) in [6.07, 6.45) is 1.74. The van der Waals surface area contributed by atoms with Crippen LogP contribution in [0.5, 0.6) is 5.88 Å². The summed E-state index contributed by atoms with van der Waals surface area (Å²) in [4.78, 5) is 4.62.